The minimum Gasteiger partial charge on any atom is -0.438 e. The molecule has 0 spiro atoms. The number of furan rings is 1. The zero-order chi connectivity index (χ0) is 11.5. The minimum atomic E-state index is -3.62. The lowest BCUT2D eigenvalue weighted by atomic mass is 10.4. The maximum absolute atomic E-state index is 11.3. The summed E-state index contributed by atoms with van der Waals surface area (Å²) in [6.45, 7) is 2.21. The van der Waals surface area contributed by atoms with Crippen molar-refractivity contribution in [1.29, 1.82) is 0 Å². The van der Waals surface area contributed by atoms with E-state index in [4.69, 9.17) is 4.42 Å². The van der Waals surface area contributed by atoms with Gasteiger partial charge in [-0.25, -0.2) is 13.1 Å². The van der Waals surface area contributed by atoms with Crippen molar-refractivity contribution in [3.8, 4) is 0 Å². The summed E-state index contributed by atoms with van der Waals surface area (Å²) in [5.41, 5.74) is 0. The van der Waals surface area contributed by atoms with Crippen molar-refractivity contribution in [3.05, 3.63) is 17.9 Å². The second kappa shape index (κ2) is 4.45. The van der Waals surface area contributed by atoms with Gasteiger partial charge < -0.3 is 9.73 Å². The van der Waals surface area contributed by atoms with E-state index in [2.05, 4.69) is 10.0 Å². The molecule has 0 aliphatic carbocycles. The Morgan fingerprint density at radius 2 is 2.13 bits per heavy atom. The molecule has 7 heteroatoms. The van der Waals surface area contributed by atoms with Gasteiger partial charge in [0.05, 0.1) is 0 Å². The lowest BCUT2D eigenvalue weighted by Crippen LogP contribution is -2.22. The van der Waals surface area contributed by atoms with Crippen LogP contribution in [-0.4, -0.2) is 27.9 Å². The third-order valence-corrected chi connectivity index (χ3v) is 2.96. The quantitative estimate of drug-likeness (QED) is 0.761. The van der Waals surface area contributed by atoms with Gasteiger partial charge in [0.1, 0.15) is 0 Å². The normalized spacial score (nSPS) is 11.3. The summed E-state index contributed by atoms with van der Waals surface area (Å²) in [5, 5.41) is 2.22. The van der Waals surface area contributed by atoms with E-state index in [1.54, 1.807) is 6.92 Å². The largest absolute Gasteiger partial charge is 0.438 e. The van der Waals surface area contributed by atoms with Crippen LogP contribution >= 0.6 is 0 Å². The molecule has 0 bridgehead atoms. The summed E-state index contributed by atoms with van der Waals surface area (Å²) in [7, 11) is -2.35. The smallest absolute Gasteiger partial charge is 0.287 e. The van der Waals surface area contributed by atoms with Crippen molar-refractivity contribution >= 4 is 15.9 Å². The molecule has 0 atom stereocenters. The fourth-order valence-corrected chi connectivity index (χ4v) is 1.58. The van der Waals surface area contributed by atoms with Gasteiger partial charge in [0.15, 0.2) is 5.76 Å². The van der Waals surface area contributed by atoms with Gasteiger partial charge in [-0.15, -0.1) is 0 Å². The summed E-state index contributed by atoms with van der Waals surface area (Å²) in [4.78, 5) is 11.3. The number of amides is 1. The van der Waals surface area contributed by atoms with E-state index in [0.29, 0.717) is 6.54 Å². The van der Waals surface area contributed by atoms with Crippen LogP contribution in [0.1, 0.15) is 17.5 Å². The summed E-state index contributed by atoms with van der Waals surface area (Å²) in [5.74, 6) is -0.458. The summed E-state index contributed by atoms with van der Waals surface area (Å²) >= 11 is 0. The highest BCUT2D eigenvalue weighted by molar-refractivity contribution is 7.89. The Kier molecular flexibility index (Phi) is 3.48. The first kappa shape index (κ1) is 11.7. The van der Waals surface area contributed by atoms with Gasteiger partial charge in [-0.2, -0.15) is 0 Å². The molecule has 15 heavy (non-hydrogen) atoms. The predicted octanol–water partition coefficient (Wildman–Crippen LogP) is -0.0626. The van der Waals surface area contributed by atoms with Gasteiger partial charge in [0, 0.05) is 6.54 Å². The molecule has 0 radical (unpaired) electrons. The molecule has 1 aromatic rings. The minimum absolute atomic E-state index is 0.0225. The van der Waals surface area contributed by atoms with E-state index in [0.717, 1.165) is 0 Å². The van der Waals surface area contributed by atoms with Crippen molar-refractivity contribution in [3.63, 3.8) is 0 Å². The molecule has 1 amide bonds. The Morgan fingerprint density at radius 3 is 2.67 bits per heavy atom. The second-order valence-corrected chi connectivity index (χ2v) is 4.50. The van der Waals surface area contributed by atoms with Crippen molar-refractivity contribution in [2.75, 3.05) is 13.6 Å². The van der Waals surface area contributed by atoms with Gasteiger partial charge in [-0.1, -0.05) is 0 Å². The lowest BCUT2D eigenvalue weighted by molar-refractivity contribution is 0.0923. The summed E-state index contributed by atoms with van der Waals surface area (Å²) < 4.78 is 29.5. The number of sulfonamides is 1. The molecule has 1 heterocycles. The van der Waals surface area contributed by atoms with Crippen LogP contribution < -0.4 is 10.0 Å². The highest BCUT2D eigenvalue weighted by atomic mass is 32.2. The number of rotatable bonds is 4. The van der Waals surface area contributed by atoms with Crippen molar-refractivity contribution in [1.82, 2.24) is 10.0 Å². The van der Waals surface area contributed by atoms with Gasteiger partial charge in [-0.05, 0) is 26.1 Å². The molecule has 0 unspecified atom stereocenters. The van der Waals surface area contributed by atoms with E-state index in [9.17, 15) is 13.2 Å². The maximum Gasteiger partial charge on any atom is 0.287 e. The van der Waals surface area contributed by atoms with Crippen LogP contribution in [0.25, 0.3) is 0 Å². The van der Waals surface area contributed by atoms with E-state index < -0.39 is 15.9 Å². The number of hydrogen-bond acceptors (Lipinski definition) is 4. The number of nitrogens with one attached hydrogen (secondary N) is 2. The molecule has 0 aliphatic heterocycles. The Balaban J connectivity index is 2.95. The van der Waals surface area contributed by atoms with Crippen LogP contribution in [0.15, 0.2) is 21.6 Å². The first-order chi connectivity index (χ1) is 7.01. The van der Waals surface area contributed by atoms with E-state index >= 15 is 0 Å². The average Bonchev–Trinajstić information content (AvgIpc) is 2.67. The molecule has 84 valence electrons. The number of carbonyl (C=O) groups is 1. The van der Waals surface area contributed by atoms with Crippen LogP contribution in [0.5, 0.6) is 0 Å². The van der Waals surface area contributed by atoms with Crippen LogP contribution in [0.3, 0.4) is 0 Å². The Labute approximate surface area is 87.7 Å². The SMILES string of the molecule is CCNC(=O)c1ccc(S(=O)(=O)NC)o1. The number of carbonyl (C=O) groups excluding carboxylic acids is 1. The van der Waals surface area contributed by atoms with Crippen LogP contribution in [-0.2, 0) is 10.0 Å². The standard InChI is InChI=1S/C8H12N2O4S/c1-3-10-8(11)6-4-5-7(14-6)15(12,13)9-2/h4-5,9H,3H2,1-2H3,(H,10,11). The van der Waals surface area contributed by atoms with E-state index in [1.165, 1.54) is 19.2 Å². The summed E-state index contributed by atoms with van der Waals surface area (Å²) in [6, 6.07) is 2.55. The Hall–Kier alpha value is -1.34. The Bertz CT molecular complexity index is 449. The highest BCUT2D eigenvalue weighted by Crippen LogP contribution is 2.12. The number of hydrogen-bond donors (Lipinski definition) is 2. The zero-order valence-corrected chi connectivity index (χ0v) is 9.22. The fourth-order valence-electron chi connectivity index (χ4n) is 0.935. The topological polar surface area (TPSA) is 88.4 Å². The third-order valence-electron chi connectivity index (χ3n) is 1.68. The average molecular weight is 232 g/mol. The molecule has 2 N–H and O–H groups in total. The summed E-state index contributed by atoms with van der Waals surface area (Å²) in [6.07, 6.45) is 0. The predicted molar refractivity (Wildman–Crippen MR) is 53.0 cm³/mol. The molecular weight excluding hydrogens is 220 g/mol. The Morgan fingerprint density at radius 1 is 1.47 bits per heavy atom. The molecule has 0 saturated carbocycles. The van der Waals surface area contributed by atoms with Gasteiger partial charge in [0.2, 0.25) is 5.09 Å². The molecule has 0 aromatic carbocycles. The second-order valence-electron chi connectivity index (χ2n) is 2.69. The molecule has 1 rings (SSSR count). The van der Waals surface area contributed by atoms with E-state index in [-0.39, 0.29) is 10.9 Å². The maximum atomic E-state index is 11.3. The van der Waals surface area contributed by atoms with Gasteiger partial charge in [0.25, 0.3) is 15.9 Å². The molecule has 0 saturated heterocycles. The van der Waals surface area contributed by atoms with Crippen molar-refractivity contribution < 1.29 is 17.6 Å². The van der Waals surface area contributed by atoms with E-state index in [1.807, 2.05) is 0 Å². The molecular formula is C8H12N2O4S. The molecule has 6 nitrogen and oxygen atoms in total. The van der Waals surface area contributed by atoms with Gasteiger partial charge >= 0.3 is 0 Å². The zero-order valence-electron chi connectivity index (χ0n) is 8.40. The van der Waals surface area contributed by atoms with Crippen LogP contribution in [0.4, 0.5) is 0 Å². The van der Waals surface area contributed by atoms with Crippen LogP contribution in [0.2, 0.25) is 0 Å². The van der Waals surface area contributed by atoms with Crippen LogP contribution in [0, 0.1) is 0 Å². The first-order valence-electron chi connectivity index (χ1n) is 4.33. The monoisotopic (exact) mass is 232 g/mol. The molecule has 1 aromatic heterocycles. The highest BCUT2D eigenvalue weighted by Gasteiger charge is 2.18. The fraction of sp³-hybridized carbons (Fsp3) is 0.375. The molecule has 0 fully saturated rings. The molecule has 0 aliphatic rings. The van der Waals surface area contributed by atoms with Crippen molar-refractivity contribution in [2.24, 2.45) is 0 Å². The lowest BCUT2D eigenvalue weighted by Gasteiger charge is -1.98. The van der Waals surface area contributed by atoms with Gasteiger partial charge in [-0.3, -0.25) is 4.79 Å². The first-order valence-corrected chi connectivity index (χ1v) is 5.81. The van der Waals surface area contributed by atoms with Crippen molar-refractivity contribution in [2.45, 2.75) is 12.0 Å². The third kappa shape index (κ3) is 2.57.